The van der Waals surface area contributed by atoms with E-state index in [-0.39, 0.29) is 11.3 Å². The Bertz CT molecular complexity index is 917. The fourth-order valence-electron chi connectivity index (χ4n) is 2.25. The summed E-state index contributed by atoms with van der Waals surface area (Å²) in [6, 6.07) is 8.25. The first-order valence-corrected chi connectivity index (χ1v) is 8.32. The van der Waals surface area contributed by atoms with Crippen LogP contribution in [0.4, 0.5) is 11.4 Å². The van der Waals surface area contributed by atoms with Crippen LogP contribution in [0.25, 0.3) is 0 Å². The molecule has 1 atom stereocenters. The number of nitrogens with one attached hydrogen (secondary N) is 1. The van der Waals surface area contributed by atoms with Crippen LogP contribution in [0.2, 0.25) is 5.02 Å². The molecule has 0 saturated carbocycles. The maximum atomic E-state index is 12.3. The molecule has 0 aliphatic rings. The van der Waals surface area contributed by atoms with Gasteiger partial charge in [-0.25, -0.2) is 4.79 Å². The molecule has 2 rings (SSSR count). The van der Waals surface area contributed by atoms with Gasteiger partial charge in [-0.1, -0.05) is 11.6 Å². The van der Waals surface area contributed by atoms with Crippen LogP contribution in [0, 0.1) is 10.1 Å². The van der Waals surface area contributed by atoms with Crippen molar-refractivity contribution >= 4 is 34.9 Å². The summed E-state index contributed by atoms with van der Waals surface area (Å²) >= 11 is 5.91. The Hall–Kier alpha value is -3.33. The number of hydrogen-bond donors (Lipinski definition) is 1. The summed E-state index contributed by atoms with van der Waals surface area (Å²) in [4.78, 5) is 35.0. The average molecular weight is 409 g/mol. The van der Waals surface area contributed by atoms with E-state index in [2.05, 4.69) is 5.32 Å². The number of methoxy groups -OCH3 is 2. The lowest BCUT2D eigenvalue weighted by atomic mass is 10.2. The predicted molar refractivity (Wildman–Crippen MR) is 101 cm³/mol. The number of carbonyl (C=O) groups excluding carboxylic acids is 2. The molecule has 0 aliphatic heterocycles. The minimum atomic E-state index is -1.18. The molecule has 2 aromatic carbocycles. The van der Waals surface area contributed by atoms with E-state index >= 15 is 0 Å². The van der Waals surface area contributed by atoms with Crippen molar-refractivity contribution in [3.8, 4) is 11.5 Å². The van der Waals surface area contributed by atoms with Crippen molar-refractivity contribution in [2.24, 2.45) is 0 Å². The van der Waals surface area contributed by atoms with Gasteiger partial charge in [-0.05, 0) is 37.3 Å². The third-order valence-electron chi connectivity index (χ3n) is 3.68. The van der Waals surface area contributed by atoms with Gasteiger partial charge in [0.2, 0.25) is 0 Å². The number of hydrogen-bond acceptors (Lipinski definition) is 7. The van der Waals surface area contributed by atoms with Crippen molar-refractivity contribution in [3.63, 3.8) is 0 Å². The highest BCUT2D eigenvalue weighted by Crippen LogP contribution is 2.29. The lowest BCUT2D eigenvalue weighted by molar-refractivity contribution is -0.385. The molecule has 0 aromatic heterocycles. The predicted octanol–water partition coefficient (Wildman–Crippen LogP) is 3.45. The molecule has 0 bridgehead atoms. The first-order chi connectivity index (χ1) is 13.3. The third-order valence-corrected chi connectivity index (χ3v) is 3.92. The van der Waals surface area contributed by atoms with Gasteiger partial charge in [0.05, 0.1) is 30.4 Å². The zero-order valence-corrected chi connectivity index (χ0v) is 16.0. The molecule has 0 saturated heterocycles. The van der Waals surface area contributed by atoms with E-state index in [1.54, 1.807) is 12.1 Å². The Morgan fingerprint density at radius 3 is 2.36 bits per heavy atom. The molecule has 9 nitrogen and oxygen atoms in total. The molecule has 28 heavy (non-hydrogen) atoms. The number of nitro groups is 1. The zero-order valence-electron chi connectivity index (χ0n) is 15.2. The van der Waals surface area contributed by atoms with Crippen molar-refractivity contribution < 1.29 is 28.7 Å². The van der Waals surface area contributed by atoms with Crippen LogP contribution in [0.3, 0.4) is 0 Å². The summed E-state index contributed by atoms with van der Waals surface area (Å²) in [5.41, 5.74) is -0.173. The van der Waals surface area contributed by atoms with Gasteiger partial charge in [-0.3, -0.25) is 14.9 Å². The van der Waals surface area contributed by atoms with E-state index in [1.165, 1.54) is 39.3 Å². The highest BCUT2D eigenvalue weighted by molar-refractivity contribution is 6.31. The van der Waals surface area contributed by atoms with Gasteiger partial charge in [-0.15, -0.1) is 0 Å². The number of nitrogens with zero attached hydrogens (tertiary/aromatic N) is 1. The summed E-state index contributed by atoms with van der Waals surface area (Å²) in [7, 11) is 2.70. The smallest absolute Gasteiger partial charge is 0.339 e. The highest BCUT2D eigenvalue weighted by Gasteiger charge is 2.23. The monoisotopic (exact) mass is 408 g/mol. The summed E-state index contributed by atoms with van der Waals surface area (Å²) in [5, 5.41) is 14.0. The second-order valence-electron chi connectivity index (χ2n) is 5.53. The van der Waals surface area contributed by atoms with E-state index in [4.69, 9.17) is 25.8 Å². The number of nitro benzene ring substituents is 1. The average Bonchev–Trinajstić information content (AvgIpc) is 2.67. The topological polar surface area (TPSA) is 117 Å². The maximum Gasteiger partial charge on any atom is 0.339 e. The molecule has 0 radical (unpaired) electrons. The second kappa shape index (κ2) is 9.05. The quantitative estimate of drug-likeness (QED) is 0.423. The van der Waals surface area contributed by atoms with Gasteiger partial charge in [0.15, 0.2) is 11.9 Å². The van der Waals surface area contributed by atoms with Crippen LogP contribution in [0.15, 0.2) is 36.4 Å². The van der Waals surface area contributed by atoms with E-state index in [0.29, 0.717) is 16.5 Å². The molecule has 1 amide bonds. The Morgan fingerprint density at radius 2 is 1.75 bits per heavy atom. The van der Waals surface area contributed by atoms with Gasteiger partial charge in [0.25, 0.3) is 5.91 Å². The molecule has 0 spiro atoms. The molecule has 1 N–H and O–H groups in total. The summed E-state index contributed by atoms with van der Waals surface area (Å²) in [6.07, 6.45) is -1.18. The second-order valence-corrected chi connectivity index (χ2v) is 5.96. The van der Waals surface area contributed by atoms with Crippen molar-refractivity contribution in [1.82, 2.24) is 0 Å². The van der Waals surface area contributed by atoms with Gasteiger partial charge in [0.1, 0.15) is 5.75 Å². The molecule has 0 aliphatic carbocycles. The fourth-order valence-corrected chi connectivity index (χ4v) is 2.43. The van der Waals surface area contributed by atoms with Crippen LogP contribution in [0.5, 0.6) is 11.5 Å². The number of carbonyl (C=O) groups is 2. The molecular formula is C18H17ClN2O7. The Balaban J connectivity index is 2.12. The normalized spacial score (nSPS) is 11.3. The van der Waals surface area contributed by atoms with Gasteiger partial charge >= 0.3 is 11.7 Å². The van der Waals surface area contributed by atoms with Crippen LogP contribution in [0.1, 0.15) is 17.3 Å². The Labute approximate surface area is 165 Å². The molecular weight excluding hydrogens is 392 g/mol. The van der Waals surface area contributed by atoms with Crippen molar-refractivity contribution in [1.29, 1.82) is 0 Å². The highest BCUT2D eigenvalue weighted by atomic mass is 35.5. The first kappa shape index (κ1) is 21.0. The van der Waals surface area contributed by atoms with E-state index in [0.717, 1.165) is 6.07 Å². The lowest BCUT2D eigenvalue weighted by Gasteiger charge is -2.15. The maximum absolute atomic E-state index is 12.3. The molecule has 0 unspecified atom stereocenters. The van der Waals surface area contributed by atoms with E-state index in [1.807, 2.05) is 0 Å². The summed E-state index contributed by atoms with van der Waals surface area (Å²) in [5.74, 6) is -1.15. The fraction of sp³-hybridized carbons (Fsp3) is 0.222. The summed E-state index contributed by atoms with van der Waals surface area (Å²) < 4.78 is 15.1. The van der Waals surface area contributed by atoms with Crippen molar-refractivity contribution in [2.75, 3.05) is 19.5 Å². The summed E-state index contributed by atoms with van der Waals surface area (Å²) in [6.45, 7) is 1.36. The number of rotatable bonds is 7. The Kier molecular flexibility index (Phi) is 6.78. The molecule has 148 valence electrons. The SMILES string of the molecule is COc1ccc(Cl)cc1NC(=O)[C@@H](C)OC(=O)c1ccc(OC)c([N+](=O)[O-])c1. The van der Waals surface area contributed by atoms with Crippen molar-refractivity contribution in [3.05, 3.63) is 57.1 Å². The third kappa shape index (κ3) is 4.89. The van der Waals surface area contributed by atoms with Crippen LogP contribution >= 0.6 is 11.6 Å². The van der Waals surface area contributed by atoms with Gasteiger partial charge < -0.3 is 19.5 Å². The molecule has 2 aromatic rings. The largest absolute Gasteiger partial charge is 0.495 e. The van der Waals surface area contributed by atoms with Crippen LogP contribution in [-0.4, -0.2) is 37.1 Å². The van der Waals surface area contributed by atoms with E-state index in [9.17, 15) is 19.7 Å². The number of amides is 1. The molecule has 0 fully saturated rings. The standard InChI is InChI=1S/C18H17ClN2O7/c1-10(17(22)20-13-9-12(19)5-7-15(13)26-2)28-18(23)11-4-6-16(27-3)14(8-11)21(24)25/h4-10H,1-3H3,(H,20,22)/t10-/m1/s1. The lowest BCUT2D eigenvalue weighted by Crippen LogP contribution is -2.30. The first-order valence-electron chi connectivity index (χ1n) is 7.94. The molecule has 0 heterocycles. The van der Waals surface area contributed by atoms with Crippen LogP contribution in [-0.2, 0) is 9.53 Å². The minimum absolute atomic E-state index is 0.000364. The number of benzene rings is 2. The van der Waals surface area contributed by atoms with Crippen molar-refractivity contribution in [2.45, 2.75) is 13.0 Å². The molecule has 10 heteroatoms. The van der Waals surface area contributed by atoms with Crippen LogP contribution < -0.4 is 14.8 Å². The van der Waals surface area contributed by atoms with Gasteiger partial charge in [0, 0.05) is 11.1 Å². The number of halogens is 1. The van der Waals surface area contributed by atoms with Gasteiger partial charge in [-0.2, -0.15) is 0 Å². The Morgan fingerprint density at radius 1 is 1.11 bits per heavy atom. The van der Waals surface area contributed by atoms with E-state index < -0.39 is 28.6 Å². The number of ether oxygens (including phenoxy) is 3. The number of anilines is 1. The minimum Gasteiger partial charge on any atom is -0.495 e. The zero-order chi connectivity index (χ0) is 20.8. The number of esters is 1.